The van der Waals surface area contributed by atoms with Gasteiger partial charge in [-0.25, -0.2) is 0 Å². The van der Waals surface area contributed by atoms with Crippen LogP contribution in [0, 0.1) is 0 Å². The smallest absolute Gasteiger partial charge is 0.223 e. The fraction of sp³-hybridized carbons (Fsp3) is 0.500. The minimum absolute atomic E-state index is 0.0160. The third-order valence-electron chi connectivity index (χ3n) is 2.65. The van der Waals surface area contributed by atoms with E-state index in [-0.39, 0.29) is 5.91 Å². The van der Waals surface area contributed by atoms with Crippen LogP contribution in [0.1, 0.15) is 25.3 Å². The Hall–Kier alpha value is -1.07. The number of benzene rings is 1. The van der Waals surface area contributed by atoms with Crippen LogP contribution in [-0.4, -0.2) is 26.1 Å². The molecule has 0 unspecified atom stereocenters. The third kappa shape index (κ3) is 5.61. The number of hydrogen-bond acceptors (Lipinski definition) is 3. The Balaban J connectivity index is 2.61. The fourth-order valence-corrected chi connectivity index (χ4v) is 2.15. The average Bonchev–Trinajstić information content (AvgIpc) is 2.41. The first-order chi connectivity index (χ1) is 9.19. The molecule has 1 amide bonds. The first-order valence-corrected chi connectivity index (χ1v) is 7.29. The second-order valence-corrected chi connectivity index (χ2v) is 5.03. The molecule has 4 nitrogen and oxygen atoms in total. The van der Waals surface area contributed by atoms with Crippen LogP contribution < -0.4 is 15.4 Å². The van der Waals surface area contributed by atoms with Gasteiger partial charge in [-0.1, -0.05) is 19.1 Å². The average molecular weight is 329 g/mol. The fourth-order valence-electron chi connectivity index (χ4n) is 1.62. The SMILES string of the molecule is CCCNCc1cccc(Br)c1OCCC(=O)NC. The van der Waals surface area contributed by atoms with E-state index in [0.717, 1.165) is 35.3 Å². The molecule has 5 heteroatoms. The summed E-state index contributed by atoms with van der Waals surface area (Å²) in [6, 6.07) is 5.96. The highest BCUT2D eigenvalue weighted by molar-refractivity contribution is 9.10. The van der Waals surface area contributed by atoms with Crippen molar-refractivity contribution in [3.63, 3.8) is 0 Å². The van der Waals surface area contributed by atoms with Gasteiger partial charge in [0.2, 0.25) is 5.91 Å². The summed E-state index contributed by atoms with van der Waals surface area (Å²) in [6.07, 6.45) is 1.46. The molecular formula is C14H21BrN2O2. The Morgan fingerprint density at radius 2 is 2.21 bits per heavy atom. The van der Waals surface area contributed by atoms with E-state index >= 15 is 0 Å². The number of carbonyl (C=O) groups excluding carboxylic acids is 1. The second kappa shape index (κ2) is 8.93. The molecular weight excluding hydrogens is 308 g/mol. The van der Waals surface area contributed by atoms with E-state index in [9.17, 15) is 4.79 Å². The molecule has 0 aromatic heterocycles. The molecule has 1 aromatic carbocycles. The predicted molar refractivity (Wildman–Crippen MR) is 80.3 cm³/mol. The topological polar surface area (TPSA) is 50.4 Å². The molecule has 0 aliphatic carbocycles. The molecule has 0 aliphatic rings. The van der Waals surface area contributed by atoms with Crippen molar-refractivity contribution in [1.82, 2.24) is 10.6 Å². The summed E-state index contributed by atoms with van der Waals surface area (Å²) in [5, 5.41) is 5.93. The van der Waals surface area contributed by atoms with Gasteiger partial charge in [0.15, 0.2) is 0 Å². The first kappa shape index (κ1) is 16.0. The van der Waals surface area contributed by atoms with Gasteiger partial charge in [-0.3, -0.25) is 4.79 Å². The monoisotopic (exact) mass is 328 g/mol. The number of carbonyl (C=O) groups is 1. The summed E-state index contributed by atoms with van der Waals surface area (Å²) in [5.74, 6) is 0.799. The van der Waals surface area contributed by atoms with E-state index in [2.05, 4.69) is 33.5 Å². The summed E-state index contributed by atoms with van der Waals surface area (Å²) in [4.78, 5) is 11.2. The van der Waals surface area contributed by atoms with Crippen LogP contribution in [0.3, 0.4) is 0 Å². The van der Waals surface area contributed by atoms with Gasteiger partial charge in [-0.2, -0.15) is 0 Å². The van der Waals surface area contributed by atoms with E-state index in [1.165, 1.54) is 0 Å². The van der Waals surface area contributed by atoms with Crippen molar-refractivity contribution in [2.45, 2.75) is 26.3 Å². The molecule has 106 valence electrons. The van der Waals surface area contributed by atoms with Crippen molar-refractivity contribution in [2.24, 2.45) is 0 Å². The molecule has 0 aliphatic heterocycles. The Labute approximate surface area is 123 Å². The summed E-state index contributed by atoms with van der Waals surface area (Å²) in [7, 11) is 1.63. The number of rotatable bonds is 8. The number of hydrogen-bond donors (Lipinski definition) is 2. The Morgan fingerprint density at radius 3 is 2.89 bits per heavy atom. The Bertz CT molecular complexity index is 410. The lowest BCUT2D eigenvalue weighted by molar-refractivity contribution is -0.121. The van der Waals surface area contributed by atoms with E-state index in [0.29, 0.717) is 13.0 Å². The van der Waals surface area contributed by atoms with Crippen LogP contribution in [0.5, 0.6) is 5.75 Å². The molecule has 0 spiro atoms. The summed E-state index contributed by atoms with van der Waals surface area (Å²) in [6.45, 7) is 4.25. The zero-order valence-electron chi connectivity index (χ0n) is 11.5. The molecule has 0 radical (unpaired) electrons. The maximum atomic E-state index is 11.2. The first-order valence-electron chi connectivity index (χ1n) is 6.50. The standard InChI is InChI=1S/C14H21BrN2O2/c1-3-8-17-10-11-5-4-6-12(15)14(11)19-9-7-13(18)16-2/h4-6,17H,3,7-10H2,1-2H3,(H,16,18). The molecule has 0 fully saturated rings. The van der Waals surface area contributed by atoms with E-state index in [4.69, 9.17) is 4.74 Å². The van der Waals surface area contributed by atoms with Crippen LogP contribution in [0.4, 0.5) is 0 Å². The van der Waals surface area contributed by atoms with Gasteiger partial charge in [0.25, 0.3) is 0 Å². The second-order valence-electron chi connectivity index (χ2n) is 4.18. The lowest BCUT2D eigenvalue weighted by Crippen LogP contribution is -2.20. The molecule has 0 saturated heterocycles. The molecule has 0 atom stereocenters. The highest BCUT2D eigenvalue weighted by atomic mass is 79.9. The molecule has 1 rings (SSSR count). The Morgan fingerprint density at radius 1 is 1.42 bits per heavy atom. The van der Waals surface area contributed by atoms with Crippen molar-refractivity contribution in [1.29, 1.82) is 0 Å². The number of nitrogens with one attached hydrogen (secondary N) is 2. The van der Waals surface area contributed by atoms with E-state index in [1.54, 1.807) is 7.05 Å². The van der Waals surface area contributed by atoms with Crippen LogP contribution >= 0.6 is 15.9 Å². The maximum absolute atomic E-state index is 11.2. The van der Waals surface area contributed by atoms with Crippen LogP contribution in [-0.2, 0) is 11.3 Å². The van der Waals surface area contributed by atoms with Crippen molar-refractivity contribution in [2.75, 3.05) is 20.2 Å². The van der Waals surface area contributed by atoms with Crippen LogP contribution in [0.25, 0.3) is 0 Å². The molecule has 0 heterocycles. The number of halogens is 1. The number of ether oxygens (including phenoxy) is 1. The molecule has 0 bridgehead atoms. The number of para-hydroxylation sites is 1. The van der Waals surface area contributed by atoms with Gasteiger partial charge < -0.3 is 15.4 Å². The normalized spacial score (nSPS) is 10.3. The summed E-state index contributed by atoms with van der Waals surface area (Å²) >= 11 is 3.49. The molecule has 19 heavy (non-hydrogen) atoms. The maximum Gasteiger partial charge on any atom is 0.223 e. The van der Waals surface area contributed by atoms with Gasteiger partial charge in [-0.15, -0.1) is 0 Å². The van der Waals surface area contributed by atoms with Gasteiger partial charge in [0.1, 0.15) is 5.75 Å². The predicted octanol–water partition coefficient (Wildman–Crippen LogP) is 2.46. The largest absolute Gasteiger partial charge is 0.492 e. The summed E-state index contributed by atoms with van der Waals surface area (Å²) < 4.78 is 6.64. The highest BCUT2D eigenvalue weighted by Crippen LogP contribution is 2.29. The van der Waals surface area contributed by atoms with Gasteiger partial charge in [-0.05, 0) is 35.0 Å². The lowest BCUT2D eigenvalue weighted by Gasteiger charge is -2.13. The number of amides is 1. The van der Waals surface area contributed by atoms with Crippen molar-refractivity contribution < 1.29 is 9.53 Å². The molecule has 2 N–H and O–H groups in total. The van der Waals surface area contributed by atoms with E-state index in [1.807, 2.05) is 18.2 Å². The van der Waals surface area contributed by atoms with Gasteiger partial charge in [0.05, 0.1) is 17.5 Å². The van der Waals surface area contributed by atoms with Crippen LogP contribution in [0.2, 0.25) is 0 Å². The van der Waals surface area contributed by atoms with Gasteiger partial charge in [0, 0.05) is 19.2 Å². The van der Waals surface area contributed by atoms with Gasteiger partial charge >= 0.3 is 0 Å². The van der Waals surface area contributed by atoms with Crippen molar-refractivity contribution in [3.05, 3.63) is 28.2 Å². The van der Waals surface area contributed by atoms with E-state index < -0.39 is 0 Å². The molecule has 1 aromatic rings. The Kier molecular flexibility index (Phi) is 7.52. The lowest BCUT2D eigenvalue weighted by atomic mass is 10.2. The molecule has 0 saturated carbocycles. The zero-order chi connectivity index (χ0) is 14.1. The highest BCUT2D eigenvalue weighted by Gasteiger charge is 2.08. The van der Waals surface area contributed by atoms with Crippen molar-refractivity contribution in [3.8, 4) is 5.75 Å². The third-order valence-corrected chi connectivity index (χ3v) is 3.27. The zero-order valence-corrected chi connectivity index (χ0v) is 13.0. The van der Waals surface area contributed by atoms with Crippen molar-refractivity contribution >= 4 is 21.8 Å². The summed E-state index contributed by atoms with van der Waals surface area (Å²) in [5.41, 5.74) is 1.10. The van der Waals surface area contributed by atoms with Crippen LogP contribution in [0.15, 0.2) is 22.7 Å². The minimum Gasteiger partial charge on any atom is -0.492 e. The quantitative estimate of drug-likeness (QED) is 0.721. The minimum atomic E-state index is -0.0160.